The van der Waals surface area contributed by atoms with Crippen molar-refractivity contribution in [1.29, 1.82) is 0 Å². The van der Waals surface area contributed by atoms with Gasteiger partial charge in [0.1, 0.15) is 36.2 Å². The van der Waals surface area contributed by atoms with E-state index in [0.717, 1.165) is 22.3 Å². The Morgan fingerprint density at radius 1 is 0.723 bits per heavy atom. The molecule has 47 heavy (non-hydrogen) atoms. The third-order valence-corrected chi connectivity index (χ3v) is 7.03. The first-order valence-corrected chi connectivity index (χ1v) is 15.2. The average Bonchev–Trinajstić information content (AvgIpc) is 3.74. The van der Waals surface area contributed by atoms with Gasteiger partial charge in [-0.3, -0.25) is 4.79 Å². The maximum absolute atomic E-state index is 11.9. The minimum Gasteiger partial charge on any atom is -0.489 e. The standard InChI is InChI=1S/C18H19NO4.C16H14O4.C2H7NO/c20-9-8-19-18(21)17-10-14-6-7-15(11-16(14)23-17)22-12-13-4-2-1-3-5-13;17-16(18)15-8-12-6-7-13(9-14(12)20-15)19-10-11-4-2-1-3-5-11;3-1-2-4/h1-7,11,17,20H,8-10,12H2,(H,19,21);1-7,9,15H,8,10H2,(H,17,18);4H,1-3H2. The van der Waals surface area contributed by atoms with Crippen LogP contribution in [0.3, 0.4) is 0 Å². The lowest BCUT2D eigenvalue weighted by Gasteiger charge is -2.11. The summed E-state index contributed by atoms with van der Waals surface area (Å²) in [6, 6.07) is 30.9. The van der Waals surface area contributed by atoms with Crippen LogP contribution in [0.5, 0.6) is 23.0 Å². The number of rotatable bonds is 11. The molecule has 0 saturated heterocycles. The molecule has 248 valence electrons. The Kier molecular flexibility index (Phi) is 13.4. The van der Waals surface area contributed by atoms with Crippen LogP contribution in [0.2, 0.25) is 0 Å². The number of amides is 1. The quantitative estimate of drug-likeness (QED) is 0.163. The summed E-state index contributed by atoms with van der Waals surface area (Å²) in [5, 5.41) is 28.1. The van der Waals surface area contributed by atoms with E-state index in [1.165, 1.54) is 0 Å². The van der Waals surface area contributed by atoms with E-state index in [9.17, 15) is 9.59 Å². The van der Waals surface area contributed by atoms with Crippen LogP contribution in [0.25, 0.3) is 0 Å². The largest absolute Gasteiger partial charge is 0.489 e. The predicted octanol–water partition coefficient (Wildman–Crippen LogP) is 3.27. The van der Waals surface area contributed by atoms with E-state index < -0.39 is 18.2 Å². The zero-order valence-electron chi connectivity index (χ0n) is 25.9. The number of hydrogen-bond donors (Lipinski definition) is 5. The Bertz CT molecular complexity index is 1570. The highest BCUT2D eigenvalue weighted by Gasteiger charge is 2.30. The molecule has 0 radical (unpaired) electrons. The second-order valence-electron chi connectivity index (χ2n) is 10.6. The molecule has 0 spiro atoms. The van der Waals surface area contributed by atoms with Gasteiger partial charge in [-0.15, -0.1) is 0 Å². The first kappa shape index (κ1) is 34.8. The number of hydrogen-bond acceptors (Lipinski definition) is 9. The van der Waals surface area contributed by atoms with Crippen LogP contribution in [-0.2, 0) is 35.6 Å². The number of aliphatic hydroxyl groups excluding tert-OH is 2. The van der Waals surface area contributed by atoms with Crippen molar-refractivity contribution >= 4 is 11.9 Å². The molecule has 0 fully saturated rings. The number of carboxylic acids is 1. The Labute approximate surface area is 273 Å². The number of nitrogens with two attached hydrogens (primary N) is 1. The third kappa shape index (κ3) is 10.7. The highest BCUT2D eigenvalue weighted by atomic mass is 16.5. The van der Waals surface area contributed by atoms with Gasteiger partial charge in [-0.25, -0.2) is 4.79 Å². The second-order valence-corrected chi connectivity index (χ2v) is 10.6. The predicted molar refractivity (Wildman–Crippen MR) is 175 cm³/mol. The van der Waals surface area contributed by atoms with Crippen LogP contribution in [0.1, 0.15) is 22.3 Å². The molecule has 4 aromatic rings. The summed E-state index contributed by atoms with van der Waals surface area (Å²) in [5.74, 6) is 1.53. The van der Waals surface area contributed by atoms with Crippen LogP contribution in [0.15, 0.2) is 97.1 Å². The molecule has 2 atom stereocenters. The van der Waals surface area contributed by atoms with Gasteiger partial charge in [0.25, 0.3) is 5.91 Å². The topological polar surface area (TPSA) is 170 Å². The molecule has 0 saturated carbocycles. The summed E-state index contributed by atoms with van der Waals surface area (Å²) in [7, 11) is 0. The van der Waals surface area contributed by atoms with E-state index in [1.54, 1.807) is 6.07 Å². The molecule has 2 heterocycles. The second kappa shape index (κ2) is 18.1. The van der Waals surface area contributed by atoms with Gasteiger partial charge in [0, 0.05) is 38.1 Å². The van der Waals surface area contributed by atoms with Crippen LogP contribution in [0, 0.1) is 0 Å². The lowest BCUT2D eigenvalue weighted by atomic mass is 10.1. The number of carboxylic acid groups (broad SMARTS) is 1. The van der Waals surface area contributed by atoms with Crippen molar-refractivity contribution in [2.75, 3.05) is 26.3 Å². The number of aliphatic hydroxyl groups is 2. The van der Waals surface area contributed by atoms with Gasteiger partial charge in [-0.1, -0.05) is 72.8 Å². The SMILES string of the molecule is NCCO.O=C(NCCO)C1Cc2ccc(OCc3ccccc3)cc2O1.O=C(O)C1Cc2ccc(OCc3ccccc3)cc2O1. The van der Waals surface area contributed by atoms with Crippen molar-refractivity contribution < 1.29 is 43.9 Å². The zero-order valence-corrected chi connectivity index (χ0v) is 25.9. The first-order valence-electron chi connectivity index (χ1n) is 15.2. The van der Waals surface area contributed by atoms with Crippen molar-refractivity contribution in [2.45, 2.75) is 38.3 Å². The van der Waals surface area contributed by atoms with Crippen LogP contribution < -0.4 is 30.0 Å². The van der Waals surface area contributed by atoms with E-state index in [0.29, 0.717) is 55.6 Å². The minimum absolute atomic E-state index is 0.0805. The monoisotopic (exact) mass is 644 g/mol. The highest BCUT2D eigenvalue weighted by Crippen LogP contribution is 2.34. The molecule has 4 aromatic carbocycles. The van der Waals surface area contributed by atoms with E-state index in [2.05, 4.69) is 5.32 Å². The lowest BCUT2D eigenvalue weighted by molar-refractivity contribution is -0.144. The maximum atomic E-state index is 11.9. The average molecular weight is 645 g/mol. The number of carbonyl (C=O) groups is 2. The highest BCUT2D eigenvalue weighted by molar-refractivity contribution is 5.82. The Morgan fingerprint density at radius 2 is 1.19 bits per heavy atom. The number of benzene rings is 4. The minimum atomic E-state index is -0.937. The Balaban J connectivity index is 0.000000193. The number of aliphatic carboxylic acids is 1. The molecular weight excluding hydrogens is 604 g/mol. The molecule has 6 N–H and O–H groups in total. The number of nitrogens with one attached hydrogen (secondary N) is 1. The lowest BCUT2D eigenvalue weighted by Crippen LogP contribution is -2.38. The molecule has 2 aliphatic heterocycles. The van der Waals surface area contributed by atoms with Gasteiger partial charge in [0.2, 0.25) is 0 Å². The summed E-state index contributed by atoms with van der Waals surface area (Å²) in [6.07, 6.45) is -0.384. The van der Waals surface area contributed by atoms with Crippen molar-refractivity contribution in [3.8, 4) is 23.0 Å². The summed E-state index contributed by atoms with van der Waals surface area (Å²) in [6.45, 7) is 1.59. The van der Waals surface area contributed by atoms with E-state index in [1.807, 2.05) is 91.0 Å². The fourth-order valence-corrected chi connectivity index (χ4v) is 4.65. The molecule has 0 bridgehead atoms. The molecule has 2 unspecified atom stereocenters. The van der Waals surface area contributed by atoms with Gasteiger partial charge in [0.15, 0.2) is 12.2 Å². The summed E-state index contributed by atoms with van der Waals surface area (Å²) in [5.41, 5.74) is 8.85. The molecular formula is C36H40N2O9. The molecule has 11 nitrogen and oxygen atoms in total. The summed E-state index contributed by atoms with van der Waals surface area (Å²) >= 11 is 0. The molecule has 1 amide bonds. The maximum Gasteiger partial charge on any atom is 0.345 e. The van der Waals surface area contributed by atoms with Crippen molar-refractivity contribution in [3.05, 3.63) is 119 Å². The summed E-state index contributed by atoms with van der Waals surface area (Å²) in [4.78, 5) is 22.8. The number of ether oxygens (including phenoxy) is 4. The van der Waals surface area contributed by atoms with Gasteiger partial charge in [-0.2, -0.15) is 0 Å². The molecule has 0 aliphatic carbocycles. The fraction of sp³-hybridized carbons (Fsp3) is 0.278. The van der Waals surface area contributed by atoms with E-state index in [4.69, 9.17) is 40.0 Å². The number of carbonyl (C=O) groups excluding carboxylic acids is 1. The summed E-state index contributed by atoms with van der Waals surface area (Å²) < 4.78 is 22.5. The molecule has 2 aliphatic rings. The normalized spacial score (nSPS) is 15.2. The van der Waals surface area contributed by atoms with Crippen LogP contribution >= 0.6 is 0 Å². The molecule has 0 aromatic heterocycles. The number of fused-ring (bicyclic) bond motifs is 2. The third-order valence-electron chi connectivity index (χ3n) is 7.03. The van der Waals surface area contributed by atoms with Crippen LogP contribution in [0.4, 0.5) is 0 Å². The van der Waals surface area contributed by atoms with Crippen molar-refractivity contribution in [3.63, 3.8) is 0 Å². The van der Waals surface area contributed by atoms with E-state index in [-0.39, 0.29) is 25.7 Å². The van der Waals surface area contributed by atoms with Crippen LogP contribution in [-0.4, -0.2) is 65.7 Å². The van der Waals surface area contributed by atoms with Crippen molar-refractivity contribution in [1.82, 2.24) is 5.32 Å². The zero-order chi connectivity index (χ0) is 33.4. The van der Waals surface area contributed by atoms with Gasteiger partial charge in [0.05, 0.1) is 13.2 Å². The van der Waals surface area contributed by atoms with Gasteiger partial charge >= 0.3 is 5.97 Å². The molecule has 6 rings (SSSR count). The van der Waals surface area contributed by atoms with E-state index >= 15 is 0 Å². The van der Waals surface area contributed by atoms with Gasteiger partial charge < -0.3 is 45.3 Å². The fourth-order valence-electron chi connectivity index (χ4n) is 4.65. The molecule has 11 heteroatoms. The Morgan fingerprint density at radius 3 is 1.64 bits per heavy atom. The smallest absolute Gasteiger partial charge is 0.345 e. The van der Waals surface area contributed by atoms with Crippen molar-refractivity contribution in [2.24, 2.45) is 5.73 Å². The van der Waals surface area contributed by atoms with Gasteiger partial charge in [-0.05, 0) is 34.4 Å². The first-order chi connectivity index (χ1) is 22.9. The Hall–Kier alpha value is -5.10.